The Hall–Kier alpha value is -1.76. The van der Waals surface area contributed by atoms with Crippen molar-refractivity contribution in [1.82, 2.24) is 14.6 Å². The number of fused-ring (bicyclic) bond motifs is 1. The maximum Gasteiger partial charge on any atom is 0.357 e. The van der Waals surface area contributed by atoms with Crippen LogP contribution in [0.2, 0.25) is 0 Å². The van der Waals surface area contributed by atoms with Crippen LogP contribution in [0.25, 0.3) is 4.96 Å². The molecule has 1 fully saturated rings. The summed E-state index contributed by atoms with van der Waals surface area (Å²) in [6.07, 6.45) is 5.90. The van der Waals surface area contributed by atoms with Crippen LogP contribution in [0.15, 0.2) is 10.9 Å². The molecule has 1 aliphatic rings. The van der Waals surface area contributed by atoms with Gasteiger partial charge in [0.15, 0.2) is 5.69 Å². The molecule has 21 heavy (non-hydrogen) atoms. The van der Waals surface area contributed by atoms with Crippen molar-refractivity contribution in [3.63, 3.8) is 0 Å². The number of ether oxygens (including phenoxy) is 1. The topological polar surface area (TPSA) is 73.6 Å². The number of nitrogens with zero attached hydrogens (tertiary/aromatic N) is 3. The quantitative estimate of drug-likeness (QED) is 0.814. The lowest BCUT2D eigenvalue weighted by atomic mass is 9.90. The van der Waals surface area contributed by atoms with Crippen molar-refractivity contribution in [2.45, 2.75) is 44.9 Å². The summed E-state index contributed by atoms with van der Waals surface area (Å²) >= 11 is 1.40. The fraction of sp³-hybridized carbons (Fsp3) is 0.571. The van der Waals surface area contributed by atoms with Crippen LogP contribution in [-0.2, 0) is 4.74 Å². The van der Waals surface area contributed by atoms with E-state index in [1.807, 2.05) is 0 Å². The Morgan fingerprint density at radius 3 is 2.90 bits per heavy atom. The molecule has 2 heterocycles. The van der Waals surface area contributed by atoms with Crippen LogP contribution in [0.5, 0.6) is 0 Å². The molecule has 0 atom stereocenters. The predicted molar refractivity (Wildman–Crippen MR) is 78.9 cm³/mol. The largest absolute Gasteiger partial charge is 0.461 e. The van der Waals surface area contributed by atoms with E-state index in [0.29, 0.717) is 10.9 Å². The van der Waals surface area contributed by atoms with Gasteiger partial charge >= 0.3 is 5.97 Å². The van der Waals surface area contributed by atoms with E-state index in [0.717, 1.165) is 17.8 Å². The van der Waals surface area contributed by atoms with Crippen LogP contribution < -0.4 is 5.56 Å². The van der Waals surface area contributed by atoms with Crippen LogP contribution in [0.3, 0.4) is 0 Å². The van der Waals surface area contributed by atoms with E-state index in [-0.39, 0.29) is 12.3 Å². The number of rotatable bonds is 3. The highest BCUT2D eigenvalue weighted by atomic mass is 32.1. The maximum absolute atomic E-state index is 12.0. The SMILES string of the molecule is CCOC(=O)c1cc(=O)nc2sc(C3CCCCC3)nn12. The van der Waals surface area contributed by atoms with Crippen molar-refractivity contribution < 1.29 is 9.53 Å². The van der Waals surface area contributed by atoms with Gasteiger partial charge in [-0.1, -0.05) is 30.6 Å². The third kappa shape index (κ3) is 2.83. The van der Waals surface area contributed by atoms with Gasteiger partial charge in [-0.2, -0.15) is 14.6 Å². The van der Waals surface area contributed by atoms with Gasteiger partial charge in [-0.15, -0.1) is 0 Å². The van der Waals surface area contributed by atoms with E-state index in [1.54, 1.807) is 6.92 Å². The van der Waals surface area contributed by atoms with Gasteiger partial charge in [0.25, 0.3) is 5.56 Å². The van der Waals surface area contributed by atoms with Crippen LogP contribution in [0.4, 0.5) is 0 Å². The van der Waals surface area contributed by atoms with Gasteiger partial charge in [0.2, 0.25) is 4.96 Å². The molecule has 0 unspecified atom stereocenters. The Bertz CT molecular complexity index is 716. The second kappa shape index (κ2) is 5.93. The molecule has 1 aliphatic carbocycles. The van der Waals surface area contributed by atoms with E-state index in [9.17, 15) is 9.59 Å². The van der Waals surface area contributed by atoms with Crippen LogP contribution in [-0.4, -0.2) is 27.2 Å². The Morgan fingerprint density at radius 2 is 2.19 bits per heavy atom. The molecule has 6 nitrogen and oxygen atoms in total. The third-order valence-corrected chi connectivity index (χ3v) is 4.78. The van der Waals surface area contributed by atoms with Gasteiger partial charge in [0.05, 0.1) is 6.61 Å². The fourth-order valence-electron chi connectivity index (χ4n) is 2.70. The highest BCUT2D eigenvalue weighted by molar-refractivity contribution is 7.16. The molecule has 2 aromatic heterocycles. The molecule has 0 radical (unpaired) electrons. The van der Waals surface area contributed by atoms with Crippen LogP contribution in [0.1, 0.15) is 60.4 Å². The highest BCUT2D eigenvalue weighted by Gasteiger charge is 2.22. The summed E-state index contributed by atoms with van der Waals surface area (Å²) < 4.78 is 6.44. The number of hydrogen-bond donors (Lipinski definition) is 0. The van der Waals surface area contributed by atoms with Crippen molar-refractivity contribution in [3.05, 3.63) is 27.1 Å². The number of esters is 1. The zero-order chi connectivity index (χ0) is 14.8. The van der Waals surface area contributed by atoms with Gasteiger partial charge < -0.3 is 4.74 Å². The van der Waals surface area contributed by atoms with Crippen molar-refractivity contribution in [1.29, 1.82) is 0 Å². The third-order valence-electron chi connectivity index (χ3n) is 3.71. The minimum Gasteiger partial charge on any atom is -0.461 e. The molecule has 0 bridgehead atoms. The average molecular weight is 307 g/mol. The summed E-state index contributed by atoms with van der Waals surface area (Å²) in [5.74, 6) is -0.122. The van der Waals surface area contributed by atoms with Gasteiger partial charge in [0, 0.05) is 12.0 Å². The van der Waals surface area contributed by atoms with Gasteiger partial charge in [-0.3, -0.25) is 4.79 Å². The van der Waals surface area contributed by atoms with E-state index >= 15 is 0 Å². The number of carbonyl (C=O) groups excluding carboxylic acids is 1. The lowest BCUT2D eigenvalue weighted by molar-refractivity contribution is 0.0515. The second-order valence-corrected chi connectivity index (χ2v) is 6.16. The number of hydrogen-bond acceptors (Lipinski definition) is 6. The normalized spacial score (nSPS) is 16.2. The van der Waals surface area contributed by atoms with Gasteiger partial charge in [-0.25, -0.2) is 4.79 Å². The zero-order valence-electron chi connectivity index (χ0n) is 11.9. The summed E-state index contributed by atoms with van der Waals surface area (Å²) in [7, 11) is 0. The molecule has 7 heteroatoms. The van der Waals surface area contributed by atoms with Crippen molar-refractivity contribution in [2.24, 2.45) is 0 Å². The maximum atomic E-state index is 12.0. The molecular formula is C14H17N3O3S. The molecule has 2 aromatic rings. The molecule has 112 valence electrons. The number of aromatic nitrogens is 3. The predicted octanol–water partition coefficient (Wildman–Crippen LogP) is 2.38. The molecule has 0 N–H and O–H groups in total. The first kappa shape index (κ1) is 14.2. The van der Waals surface area contributed by atoms with E-state index in [2.05, 4.69) is 10.1 Å². The minimum atomic E-state index is -0.535. The Balaban J connectivity index is 2.05. The first-order valence-corrected chi connectivity index (χ1v) is 8.08. The molecule has 1 saturated carbocycles. The van der Waals surface area contributed by atoms with Crippen molar-refractivity contribution >= 4 is 22.3 Å². The van der Waals surface area contributed by atoms with E-state index < -0.39 is 11.5 Å². The fourth-order valence-corrected chi connectivity index (χ4v) is 3.77. The van der Waals surface area contributed by atoms with E-state index in [4.69, 9.17) is 4.74 Å². The summed E-state index contributed by atoms with van der Waals surface area (Å²) in [6.45, 7) is 1.99. The number of carbonyl (C=O) groups is 1. The summed E-state index contributed by atoms with van der Waals surface area (Å²) in [5, 5.41) is 5.47. The molecule has 0 amide bonds. The first-order chi connectivity index (χ1) is 10.2. The Kier molecular flexibility index (Phi) is 4.01. The van der Waals surface area contributed by atoms with Crippen molar-refractivity contribution in [2.75, 3.05) is 6.61 Å². The van der Waals surface area contributed by atoms with Crippen LogP contribution >= 0.6 is 11.3 Å². The summed E-state index contributed by atoms with van der Waals surface area (Å²) in [6, 6.07) is 1.19. The minimum absolute atomic E-state index is 0.158. The Labute approximate surface area is 125 Å². The van der Waals surface area contributed by atoms with Gasteiger partial charge in [-0.05, 0) is 19.8 Å². The smallest absolute Gasteiger partial charge is 0.357 e. The molecule has 0 aromatic carbocycles. The standard InChI is InChI=1S/C14H17N3O3S/c1-2-20-13(19)10-8-11(18)15-14-17(10)16-12(21-14)9-6-4-3-5-7-9/h8-9H,2-7H2,1H3. The molecule has 0 aliphatic heterocycles. The van der Waals surface area contributed by atoms with Crippen LogP contribution in [0, 0.1) is 0 Å². The lowest BCUT2D eigenvalue weighted by Gasteiger charge is -2.18. The molecule has 0 spiro atoms. The molecule has 0 saturated heterocycles. The summed E-state index contributed by atoms with van der Waals surface area (Å²) in [5.41, 5.74) is -0.276. The molecule has 3 rings (SSSR count). The summed E-state index contributed by atoms with van der Waals surface area (Å²) in [4.78, 5) is 28.0. The molecular weight excluding hydrogens is 290 g/mol. The average Bonchev–Trinajstić information content (AvgIpc) is 2.91. The van der Waals surface area contributed by atoms with Crippen molar-refractivity contribution in [3.8, 4) is 0 Å². The van der Waals surface area contributed by atoms with E-state index in [1.165, 1.54) is 41.2 Å². The first-order valence-electron chi connectivity index (χ1n) is 7.27. The highest BCUT2D eigenvalue weighted by Crippen LogP contribution is 2.34. The Morgan fingerprint density at radius 1 is 1.43 bits per heavy atom. The monoisotopic (exact) mass is 307 g/mol. The van der Waals surface area contributed by atoms with Gasteiger partial charge in [0.1, 0.15) is 5.01 Å². The zero-order valence-corrected chi connectivity index (χ0v) is 12.7. The second-order valence-electron chi connectivity index (χ2n) is 5.17. The lowest BCUT2D eigenvalue weighted by Crippen LogP contribution is -2.17.